The van der Waals surface area contributed by atoms with Crippen molar-refractivity contribution in [2.45, 2.75) is 57.0 Å². The molecule has 210 valence electrons. The highest BCUT2D eigenvalue weighted by molar-refractivity contribution is 6.34. The first-order valence-corrected chi connectivity index (χ1v) is 13.7. The van der Waals surface area contributed by atoms with Gasteiger partial charge in [0.1, 0.15) is 18.2 Å². The van der Waals surface area contributed by atoms with Gasteiger partial charge in [-0.25, -0.2) is 8.78 Å². The third-order valence-electron chi connectivity index (χ3n) is 7.62. The van der Waals surface area contributed by atoms with E-state index in [4.69, 9.17) is 30.5 Å². The van der Waals surface area contributed by atoms with Gasteiger partial charge in [0, 0.05) is 35.3 Å². The van der Waals surface area contributed by atoms with Crippen LogP contribution in [0.25, 0.3) is 11.1 Å². The fraction of sp³-hybridized carbons (Fsp3) is 0.387. The average Bonchev–Trinajstić information content (AvgIpc) is 3.26. The lowest BCUT2D eigenvalue weighted by atomic mass is 9.78. The number of aliphatic hydroxyl groups is 1. The Morgan fingerprint density at radius 3 is 2.62 bits per heavy atom. The zero-order chi connectivity index (χ0) is 28.4. The summed E-state index contributed by atoms with van der Waals surface area (Å²) in [7, 11) is 0. The number of aliphatic hydroxyl groups excluding tert-OH is 1. The monoisotopic (exact) mass is 569 g/mol. The van der Waals surface area contributed by atoms with Crippen LogP contribution in [0.3, 0.4) is 0 Å². The Balaban J connectivity index is 1.54. The highest BCUT2D eigenvalue weighted by atomic mass is 35.5. The Kier molecular flexibility index (Phi) is 8.29. The van der Waals surface area contributed by atoms with Crippen molar-refractivity contribution in [2.75, 3.05) is 19.8 Å². The molecular weight excluding hydrogens is 540 g/mol. The van der Waals surface area contributed by atoms with E-state index in [1.807, 2.05) is 12.1 Å². The maximum Gasteiger partial charge on any atom is 0.174 e. The van der Waals surface area contributed by atoms with Crippen LogP contribution in [-0.4, -0.2) is 37.3 Å². The van der Waals surface area contributed by atoms with E-state index in [0.29, 0.717) is 17.7 Å². The summed E-state index contributed by atoms with van der Waals surface area (Å²) in [5, 5.41) is 20.1. The maximum absolute atomic E-state index is 16.2. The molecule has 0 aliphatic carbocycles. The highest BCUT2D eigenvalue weighted by Crippen LogP contribution is 2.56. The second-order valence-electron chi connectivity index (χ2n) is 10.2. The van der Waals surface area contributed by atoms with Crippen LogP contribution >= 0.6 is 11.6 Å². The van der Waals surface area contributed by atoms with Crippen LogP contribution in [-0.2, 0) is 15.1 Å². The third kappa shape index (κ3) is 5.04. The number of benzene rings is 3. The van der Waals surface area contributed by atoms with Crippen LogP contribution < -0.4 is 9.47 Å². The van der Waals surface area contributed by atoms with Gasteiger partial charge in [-0.2, -0.15) is 5.26 Å². The van der Waals surface area contributed by atoms with Gasteiger partial charge in [-0.05, 0) is 43.9 Å². The summed E-state index contributed by atoms with van der Waals surface area (Å²) in [6.45, 7) is 3.83. The van der Waals surface area contributed by atoms with Crippen molar-refractivity contribution in [2.24, 2.45) is 0 Å². The Hall–Kier alpha value is -3.22. The second-order valence-corrected chi connectivity index (χ2v) is 10.5. The van der Waals surface area contributed by atoms with E-state index in [9.17, 15) is 10.4 Å². The Labute approximate surface area is 237 Å². The summed E-state index contributed by atoms with van der Waals surface area (Å²) < 4.78 is 54.9. The molecule has 3 aromatic carbocycles. The predicted octanol–water partition coefficient (Wildman–Crippen LogP) is 6.85. The molecule has 1 unspecified atom stereocenters. The van der Waals surface area contributed by atoms with Crippen molar-refractivity contribution in [3.05, 3.63) is 81.9 Å². The number of hydrogen-bond donors (Lipinski definition) is 1. The first-order chi connectivity index (χ1) is 19.3. The van der Waals surface area contributed by atoms with E-state index >= 15 is 8.78 Å². The number of hydrogen-bond acceptors (Lipinski definition) is 6. The van der Waals surface area contributed by atoms with Gasteiger partial charge in [0.2, 0.25) is 0 Å². The van der Waals surface area contributed by atoms with Crippen LogP contribution in [0.5, 0.6) is 11.5 Å². The molecule has 6 nitrogen and oxygen atoms in total. The first-order valence-electron chi connectivity index (χ1n) is 13.3. The molecule has 0 radical (unpaired) electrons. The van der Waals surface area contributed by atoms with E-state index in [-0.39, 0.29) is 46.1 Å². The number of nitriles is 1. The van der Waals surface area contributed by atoms with Crippen molar-refractivity contribution >= 4 is 11.6 Å². The van der Waals surface area contributed by atoms with Crippen LogP contribution in [0.2, 0.25) is 5.02 Å². The molecule has 0 aromatic heterocycles. The third-order valence-corrected chi connectivity index (χ3v) is 7.99. The van der Waals surface area contributed by atoms with Gasteiger partial charge in [-0.1, -0.05) is 48.9 Å². The van der Waals surface area contributed by atoms with Gasteiger partial charge in [0.25, 0.3) is 0 Å². The SMILES string of the molecule is C[C@@H](COc1ccc(C#N)c(-c2c(Cl)c(F)cc3c2[C@H](C)[C@@](CO)(c2ccccc2)O3)c1F)OC1CCCCO1. The topological polar surface area (TPSA) is 80.9 Å². The number of halogens is 3. The van der Waals surface area contributed by atoms with E-state index in [1.54, 1.807) is 38.1 Å². The normalized spacial score (nSPS) is 22.7. The lowest BCUT2D eigenvalue weighted by Crippen LogP contribution is -2.38. The Bertz CT molecular complexity index is 1420. The van der Waals surface area contributed by atoms with Crippen molar-refractivity contribution < 1.29 is 32.8 Å². The quantitative estimate of drug-likeness (QED) is 0.319. The number of ether oxygens (including phenoxy) is 4. The smallest absolute Gasteiger partial charge is 0.174 e. The molecule has 4 atom stereocenters. The molecular formula is C31H30ClF2NO5. The lowest BCUT2D eigenvalue weighted by Gasteiger charge is -2.31. The second kappa shape index (κ2) is 11.7. The number of rotatable bonds is 8. The molecule has 5 rings (SSSR count). The summed E-state index contributed by atoms with van der Waals surface area (Å²) in [6, 6.07) is 14.9. The average molecular weight is 570 g/mol. The van der Waals surface area contributed by atoms with Gasteiger partial charge >= 0.3 is 0 Å². The fourth-order valence-corrected chi connectivity index (χ4v) is 5.76. The van der Waals surface area contributed by atoms with Gasteiger partial charge in [0.15, 0.2) is 23.5 Å². The van der Waals surface area contributed by atoms with Gasteiger partial charge in [-0.3, -0.25) is 0 Å². The molecule has 2 aliphatic heterocycles. The molecule has 0 bridgehead atoms. The Morgan fingerprint density at radius 1 is 1.18 bits per heavy atom. The largest absolute Gasteiger partial charge is 0.488 e. The molecule has 2 aliphatic rings. The fourth-order valence-electron chi connectivity index (χ4n) is 5.51. The first kappa shape index (κ1) is 28.3. The zero-order valence-corrected chi connectivity index (χ0v) is 23.0. The van der Waals surface area contributed by atoms with Gasteiger partial charge < -0.3 is 24.1 Å². The van der Waals surface area contributed by atoms with Crippen molar-refractivity contribution in [3.63, 3.8) is 0 Å². The molecule has 0 saturated carbocycles. The van der Waals surface area contributed by atoms with Gasteiger partial charge in [-0.15, -0.1) is 0 Å². The summed E-state index contributed by atoms with van der Waals surface area (Å²) in [5.74, 6) is -2.29. The summed E-state index contributed by atoms with van der Waals surface area (Å²) >= 11 is 6.50. The Morgan fingerprint density at radius 2 is 1.95 bits per heavy atom. The molecule has 2 heterocycles. The van der Waals surface area contributed by atoms with Crippen LogP contribution in [0.1, 0.15) is 55.7 Å². The van der Waals surface area contributed by atoms with Crippen LogP contribution in [0.15, 0.2) is 48.5 Å². The zero-order valence-electron chi connectivity index (χ0n) is 22.3. The maximum atomic E-state index is 16.2. The number of fused-ring (bicyclic) bond motifs is 1. The van der Waals surface area contributed by atoms with Crippen molar-refractivity contribution in [1.82, 2.24) is 0 Å². The molecule has 1 N–H and O–H groups in total. The number of nitrogens with zero attached hydrogens (tertiary/aromatic N) is 1. The summed E-state index contributed by atoms with van der Waals surface area (Å²) in [5.41, 5.74) is -0.452. The van der Waals surface area contributed by atoms with E-state index in [2.05, 4.69) is 0 Å². The van der Waals surface area contributed by atoms with Crippen molar-refractivity contribution in [1.29, 1.82) is 5.26 Å². The molecule has 40 heavy (non-hydrogen) atoms. The lowest BCUT2D eigenvalue weighted by molar-refractivity contribution is -0.189. The summed E-state index contributed by atoms with van der Waals surface area (Å²) in [6.07, 6.45) is 2.05. The molecule has 1 saturated heterocycles. The van der Waals surface area contributed by atoms with Crippen molar-refractivity contribution in [3.8, 4) is 28.7 Å². The highest BCUT2D eigenvalue weighted by Gasteiger charge is 2.49. The van der Waals surface area contributed by atoms with Crippen LogP contribution in [0.4, 0.5) is 8.78 Å². The summed E-state index contributed by atoms with van der Waals surface area (Å²) in [4.78, 5) is 0. The van der Waals surface area contributed by atoms with Gasteiger partial charge in [0.05, 0.1) is 29.4 Å². The predicted molar refractivity (Wildman–Crippen MR) is 145 cm³/mol. The molecule has 9 heteroatoms. The molecule has 0 spiro atoms. The van der Waals surface area contributed by atoms with E-state index < -0.39 is 35.9 Å². The minimum absolute atomic E-state index is 0.00479. The standard InChI is InChI=1S/C31H30ClF2NO5/c1-18(39-25-10-6-7-13-37-25)16-38-23-12-11-20(15-35)27(30(23)34)28-26-19(2)31(17-36,21-8-4-3-5-9-21)40-24(26)14-22(33)29(28)32/h3-5,8-9,11-12,14,18-19,25,36H,6-7,10,13,16-17H2,1-2H3/t18-,19-,25?,31-/m0/s1. The van der Waals surface area contributed by atoms with E-state index in [1.165, 1.54) is 12.1 Å². The molecule has 0 amide bonds. The minimum Gasteiger partial charge on any atom is -0.488 e. The van der Waals surface area contributed by atoms with E-state index in [0.717, 1.165) is 25.3 Å². The van der Waals surface area contributed by atoms with Crippen LogP contribution in [0, 0.1) is 23.0 Å². The minimum atomic E-state index is -1.26. The molecule has 1 fully saturated rings. The molecule has 3 aromatic rings.